The molecule has 0 aromatic heterocycles. The standard InChI is InChI=1S/C7H9NO3/c1-3-6(9)8-4-5(2)7(10)11/h3-4H,1H2,2H3,(H,8,9)(H,10,11). The SMILES string of the molecule is C=CC(=O)NC=C(C)C(=O)O. The maximum absolute atomic E-state index is 10.5. The van der Waals surface area contributed by atoms with E-state index in [9.17, 15) is 9.59 Å². The third kappa shape index (κ3) is 3.91. The lowest BCUT2D eigenvalue weighted by Crippen LogP contribution is -2.15. The van der Waals surface area contributed by atoms with Crippen molar-refractivity contribution in [2.45, 2.75) is 6.92 Å². The molecule has 0 atom stereocenters. The van der Waals surface area contributed by atoms with Gasteiger partial charge in [0, 0.05) is 11.8 Å². The Morgan fingerprint density at radius 1 is 1.55 bits per heavy atom. The molecular formula is C7H9NO3. The number of nitrogens with one attached hydrogen (secondary N) is 1. The van der Waals surface area contributed by atoms with Crippen molar-refractivity contribution < 1.29 is 14.7 Å². The van der Waals surface area contributed by atoms with Gasteiger partial charge in [-0.25, -0.2) is 4.79 Å². The first-order valence-corrected chi connectivity index (χ1v) is 2.91. The summed E-state index contributed by atoms with van der Waals surface area (Å²) in [5.41, 5.74) is 0.0696. The molecule has 0 heterocycles. The van der Waals surface area contributed by atoms with Crippen molar-refractivity contribution in [3.63, 3.8) is 0 Å². The van der Waals surface area contributed by atoms with Gasteiger partial charge >= 0.3 is 5.97 Å². The molecule has 0 saturated carbocycles. The summed E-state index contributed by atoms with van der Waals surface area (Å²) in [6, 6.07) is 0. The number of carbonyl (C=O) groups is 2. The summed E-state index contributed by atoms with van der Waals surface area (Å²) in [6.45, 7) is 4.58. The van der Waals surface area contributed by atoms with Crippen LogP contribution in [0.3, 0.4) is 0 Å². The number of carboxylic acids is 1. The number of carbonyl (C=O) groups excluding carboxylic acids is 1. The summed E-state index contributed by atoms with van der Waals surface area (Å²) in [7, 11) is 0. The zero-order chi connectivity index (χ0) is 8.85. The minimum Gasteiger partial charge on any atom is -0.478 e. The average molecular weight is 155 g/mol. The summed E-state index contributed by atoms with van der Waals surface area (Å²) in [5, 5.41) is 10.5. The first-order chi connectivity index (χ1) is 5.07. The first-order valence-electron chi connectivity index (χ1n) is 2.91. The smallest absolute Gasteiger partial charge is 0.332 e. The van der Waals surface area contributed by atoms with E-state index < -0.39 is 11.9 Å². The van der Waals surface area contributed by atoms with Crippen LogP contribution in [-0.2, 0) is 9.59 Å². The molecule has 0 fully saturated rings. The van der Waals surface area contributed by atoms with E-state index in [2.05, 4.69) is 11.9 Å². The van der Waals surface area contributed by atoms with Crippen molar-refractivity contribution in [3.8, 4) is 0 Å². The van der Waals surface area contributed by atoms with E-state index in [-0.39, 0.29) is 5.57 Å². The molecule has 60 valence electrons. The second kappa shape index (κ2) is 4.27. The Hall–Kier alpha value is -1.58. The topological polar surface area (TPSA) is 66.4 Å². The molecule has 1 amide bonds. The van der Waals surface area contributed by atoms with Gasteiger partial charge in [0.25, 0.3) is 0 Å². The fourth-order valence-corrected chi connectivity index (χ4v) is 0.300. The molecule has 0 aromatic rings. The molecular weight excluding hydrogens is 146 g/mol. The lowest BCUT2D eigenvalue weighted by Gasteiger charge is -1.93. The molecule has 0 aliphatic heterocycles. The maximum atomic E-state index is 10.5. The number of hydrogen-bond acceptors (Lipinski definition) is 2. The Morgan fingerprint density at radius 2 is 2.09 bits per heavy atom. The fraction of sp³-hybridized carbons (Fsp3) is 0.143. The Labute approximate surface area is 64.2 Å². The van der Waals surface area contributed by atoms with Crippen LogP contribution in [-0.4, -0.2) is 17.0 Å². The van der Waals surface area contributed by atoms with Crippen LogP contribution in [0, 0.1) is 0 Å². The molecule has 0 spiro atoms. The summed E-state index contributed by atoms with van der Waals surface area (Å²) >= 11 is 0. The van der Waals surface area contributed by atoms with Gasteiger partial charge in [-0.1, -0.05) is 6.58 Å². The Kier molecular flexibility index (Phi) is 3.66. The molecule has 4 nitrogen and oxygen atoms in total. The molecule has 0 saturated heterocycles. The number of hydrogen-bond donors (Lipinski definition) is 2. The summed E-state index contributed by atoms with van der Waals surface area (Å²) in [4.78, 5) is 20.6. The number of aliphatic carboxylic acids is 1. The third-order valence-corrected chi connectivity index (χ3v) is 0.954. The van der Waals surface area contributed by atoms with E-state index in [1.165, 1.54) is 6.92 Å². The van der Waals surface area contributed by atoms with Crippen LogP contribution in [0.4, 0.5) is 0 Å². The highest BCUT2D eigenvalue weighted by Crippen LogP contribution is 1.87. The van der Waals surface area contributed by atoms with Crippen LogP contribution in [0.1, 0.15) is 6.92 Å². The largest absolute Gasteiger partial charge is 0.478 e. The molecule has 0 aromatic carbocycles. The van der Waals surface area contributed by atoms with Crippen molar-refractivity contribution in [1.82, 2.24) is 5.32 Å². The molecule has 2 N–H and O–H groups in total. The van der Waals surface area contributed by atoms with Crippen molar-refractivity contribution >= 4 is 11.9 Å². The molecule has 0 rings (SSSR count). The minimum atomic E-state index is -1.06. The van der Waals surface area contributed by atoms with Gasteiger partial charge in [-0.3, -0.25) is 4.79 Å². The summed E-state index contributed by atoms with van der Waals surface area (Å²) in [6.07, 6.45) is 2.18. The van der Waals surface area contributed by atoms with Gasteiger partial charge in [-0.05, 0) is 13.0 Å². The Balaban J connectivity index is 4.02. The van der Waals surface area contributed by atoms with Crippen LogP contribution < -0.4 is 5.32 Å². The predicted molar refractivity (Wildman–Crippen MR) is 39.7 cm³/mol. The average Bonchev–Trinajstić information content (AvgIpc) is 1.99. The molecule has 0 aliphatic carbocycles. The predicted octanol–water partition coefficient (Wildman–Crippen LogP) is 0.277. The van der Waals surface area contributed by atoms with Crippen molar-refractivity contribution in [2.24, 2.45) is 0 Å². The van der Waals surface area contributed by atoms with E-state index in [1.54, 1.807) is 0 Å². The van der Waals surface area contributed by atoms with Gasteiger partial charge in [0.2, 0.25) is 5.91 Å². The highest BCUT2D eigenvalue weighted by molar-refractivity contribution is 5.90. The number of rotatable bonds is 3. The van der Waals surface area contributed by atoms with Crippen LogP contribution in [0.15, 0.2) is 24.4 Å². The highest BCUT2D eigenvalue weighted by Gasteiger charge is 1.98. The molecule has 11 heavy (non-hydrogen) atoms. The van der Waals surface area contributed by atoms with Gasteiger partial charge in [-0.15, -0.1) is 0 Å². The van der Waals surface area contributed by atoms with Gasteiger partial charge in [0.05, 0.1) is 0 Å². The molecule has 0 aliphatic rings. The van der Waals surface area contributed by atoms with Crippen LogP contribution in [0.2, 0.25) is 0 Å². The summed E-state index contributed by atoms with van der Waals surface area (Å²) < 4.78 is 0. The van der Waals surface area contributed by atoms with Gasteiger partial charge in [-0.2, -0.15) is 0 Å². The van der Waals surface area contributed by atoms with E-state index in [4.69, 9.17) is 5.11 Å². The normalized spacial score (nSPS) is 10.5. The van der Waals surface area contributed by atoms with Gasteiger partial charge in [0.1, 0.15) is 0 Å². The van der Waals surface area contributed by atoms with Gasteiger partial charge < -0.3 is 10.4 Å². The molecule has 4 heteroatoms. The van der Waals surface area contributed by atoms with Gasteiger partial charge in [0.15, 0.2) is 0 Å². The van der Waals surface area contributed by atoms with Crippen molar-refractivity contribution in [1.29, 1.82) is 0 Å². The number of amides is 1. The van der Waals surface area contributed by atoms with E-state index in [0.29, 0.717) is 0 Å². The maximum Gasteiger partial charge on any atom is 0.332 e. The fourth-order valence-electron chi connectivity index (χ4n) is 0.300. The molecule has 0 unspecified atom stereocenters. The second-order valence-corrected chi connectivity index (χ2v) is 1.85. The summed E-state index contributed by atoms with van der Waals surface area (Å²) in [5.74, 6) is -1.49. The third-order valence-electron chi connectivity index (χ3n) is 0.954. The van der Waals surface area contributed by atoms with E-state index in [0.717, 1.165) is 12.3 Å². The lowest BCUT2D eigenvalue weighted by molar-refractivity contribution is -0.132. The second-order valence-electron chi connectivity index (χ2n) is 1.85. The van der Waals surface area contributed by atoms with Crippen LogP contribution in [0.5, 0.6) is 0 Å². The Bertz CT molecular complexity index is 218. The lowest BCUT2D eigenvalue weighted by atomic mass is 10.3. The monoisotopic (exact) mass is 155 g/mol. The van der Waals surface area contributed by atoms with Crippen molar-refractivity contribution in [3.05, 3.63) is 24.4 Å². The Morgan fingerprint density at radius 3 is 2.45 bits per heavy atom. The van der Waals surface area contributed by atoms with Crippen LogP contribution >= 0.6 is 0 Å². The van der Waals surface area contributed by atoms with E-state index >= 15 is 0 Å². The van der Waals surface area contributed by atoms with E-state index in [1.807, 2.05) is 0 Å². The zero-order valence-corrected chi connectivity index (χ0v) is 6.13. The highest BCUT2D eigenvalue weighted by atomic mass is 16.4. The number of carboxylic acid groups (broad SMARTS) is 1. The molecule has 0 bridgehead atoms. The van der Waals surface area contributed by atoms with Crippen molar-refractivity contribution in [2.75, 3.05) is 0 Å². The first kappa shape index (κ1) is 9.42. The zero-order valence-electron chi connectivity index (χ0n) is 6.13. The molecule has 0 radical (unpaired) electrons. The minimum absolute atomic E-state index is 0.0696. The quantitative estimate of drug-likeness (QED) is 0.575. The van der Waals surface area contributed by atoms with Crippen LogP contribution in [0.25, 0.3) is 0 Å².